The van der Waals surface area contributed by atoms with Gasteiger partial charge in [-0.3, -0.25) is 0 Å². The van der Waals surface area contributed by atoms with E-state index in [-0.39, 0.29) is 5.57 Å². The maximum Gasteiger partial charge on any atom is 0.131 e. The molecule has 1 atom stereocenters. The average Bonchev–Trinajstić information content (AvgIpc) is 2.48. The summed E-state index contributed by atoms with van der Waals surface area (Å²) in [4.78, 5) is 10.9. The quantitative estimate of drug-likeness (QED) is 0.819. The fourth-order valence-corrected chi connectivity index (χ4v) is 2.28. The highest BCUT2D eigenvalue weighted by Gasteiger charge is 2.18. The van der Waals surface area contributed by atoms with E-state index in [4.69, 9.17) is 0 Å². The number of para-hydroxylation sites is 1. The molecular weight excluding hydrogens is 250 g/mol. The van der Waals surface area contributed by atoms with Gasteiger partial charge in [0.05, 0.1) is 5.57 Å². The van der Waals surface area contributed by atoms with Crippen LogP contribution in [0.2, 0.25) is 0 Å². The largest absolute Gasteiger partial charge is 0.383 e. The molecule has 98 valence electrons. The number of aliphatic hydroxyl groups is 1. The lowest BCUT2D eigenvalue weighted by Crippen LogP contribution is -2.11. The van der Waals surface area contributed by atoms with Gasteiger partial charge in [0.25, 0.3) is 0 Å². The van der Waals surface area contributed by atoms with Crippen molar-refractivity contribution in [3.63, 3.8) is 0 Å². The van der Waals surface area contributed by atoms with Crippen molar-refractivity contribution in [2.45, 2.75) is 6.10 Å². The second kappa shape index (κ2) is 5.17. The highest BCUT2D eigenvalue weighted by molar-refractivity contribution is 5.96. The number of rotatable bonds is 2. The molecule has 0 heterocycles. The summed E-state index contributed by atoms with van der Waals surface area (Å²) in [5.41, 5.74) is 3.84. The Kier molecular flexibility index (Phi) is 3.21. The van der Waals surface area contributed by atoms with Crippen LogP contribution in [0.25, 0.3) is 11.6 Å². The van der Waals surface area contributed by atoms with Crippen LogP contribution in [0.4, 0.5) is 11.4 Å². The molecule has 0 spiro atoms. The van der Waals surface area contributed by atoms with Crippen LogP contribution in [0.1, 0.15) is 11.1 Å². The van der Waals surface area contributed by atoms with Crippen molar-refractivity contribution in [3.05, 3.63) is 65.7 Å². The molecule has 0 aliphatic heterocycles. The van der Waals surface area contributed by atoms with Crippen molar-refractivity contribution in [2.24, 2.45) is 0 Å². The van der Waals surface area contributed by atoms with Crippen LogP contribution in [0.15, 0.2) is 54.6 Å². The molecule has 1 unspecified atom stereocenters. The van der Waals surface area contributed by atoms with Crippen molar-refractivity contribution in [1.82, 2.24) is 0 Å². The third kappa shape index (κ3) is 2.28. The minimum atomic E-state index is -0.868. The molecule has 3 nitrogen and oxygen atoms in total. The van der Waals surface area contributed by atoms with E-state index in [9.17, 15) is 9.90 Å². The second-order valence-electron chi connectivity index (χ2n) is 4.61. The average molecular weight is 263 g/mol. The van der Waals surface area contributed by atoms with E-state index in [2.05, 4.69) is 5.32 Å². The number of benzene rings is 2. The van der Waals surface area contributed by atoms with E-state index in [0.717, 1.165) is 22.5 Å². The lowest BCUT2D eigenvalue weighted by atomic mass is 9.91. The lowest BCUT2D eigenvalue weighted by Gasteiger charge is -2.17. The molecule has 0 bridgehead atoms. The Morgan fingerprint density at radius 1 is 1.05 bits per heavy atom. The van der Waals surface area contributed by atoms with Gasteiger partial charge in [-0.2, -0.15) is 0 Å². The van der Waals surface area contributed by atoms with Gasteiger partial charge >= 0.3 is 0 Å². The van der Waals surface area contributed by atoms with Crippen LogP contribution in [0, 0.1) is 0 Å². The molecule has 0 saturated heterocycles. The summed E-state index contributed by atoms with van der Waals surface area (Å²) in [6.45, 7) is 0. The summed E-state index contributed by atoms with van der Waals surface area (Å²) in [7, 11) is 0. The van der Waals surface area contributed by atoms with Crippen molar-refractivity contribution < 1.29 is 9.90 Å². The van der Waals surface area contributed by atoms with Crippen LogP contribution < -0.4 is 5.32 Å². The molecular formula is C17H13NO2. The molecule has 20 heavy (non-hydrogen) atoms. The number of hydrogen-bond acceptors (Lipinski definition) is 3. The Bertz CT molecular complexity index is 713. The van der Waals surface area contributed by atoms with Gasteiger partial charge in [-0.15, -0.1) is 0 Å². The third-order valence-corrected chi connectivity index (χ3v) is 3.27. The highest BCUT2D eigenvalue weighted by Crippen LogP contribution is 2.30. The molecule has 2 aromatic rings. The van der Waals surface area contributed by atoms with Crippen molar-refractivity contribution in [1.29, 1.82) is 0 Å². The van der Waals surface area contributed by atoms with E-state index in [0.29, 0.717) is 0 Å². The van der Waals surface area contributed by atoms with E-state index < -0.39 is 6.10 Å². The van der Waals surface area contributed by atoms with Crippen LogP contribution >= 0.6 is 0 Å². The molecule has 0 fully saturated rings. The first-order valence-electron chi connectivity index (χ1n) is 6.36. The van der Waals surface area contributed by atoms with Gasteiger partial charge < -0.3 is 10.4 Å². The molecule has 3 rings (SSSR count). The first-order chi connectivity index (χ1) is 9.78. The molecule has 0 amide bonds. The third-order valence-electron chi connectivity index (χ3n) is 3.27. The zero-order valence-electron chi connectivity index (χ0n) is 10.7. The maximum absolute atomic E-state index is 10.9. The predicted octanol–water partition coefficient (Wildman–Crippen LogP) is 3.03. The number of nitrogens with one attached hydrogen (secondary N) is 1. The van der Waals surface area contributed by atoms with E-state index in [1.54, 1.807) is 6.08 Å². The minimum Gasteiger partial charge on any atom is -0.383 e. The molecule has 0 saturated carbocycles. The van der Waals surface area contributed by atoms with Crippen LogP contribution in [0.3, 0.4) is 0 Å². The van der Waals surface area contributed by atoms with E-state index in [1.807, 2.05) is 60.5 Å². The Hall–Kier alpha value is -2.61. The molecule has 0 radical (unpaired) electrons. The Balaban J connectivity index is 1.96. The van der Waals surface area contributed by atoms with Crippen molar-refractivity contribution >= 4 is 29.0 Å². The monoisotopic (exact) mass is 263 g/mol. The van der Waals surface area contributed by atoms with Gasteiger partial charge in [0, 0.05) is 11.4 Å². The van der Waals surface area contributed by atoms with E-state index in [1.165, 1.54) is 0 Å². The SMILES string of the molecule is O=C=C1c2ccc(Nc3ccccc3)cc2C=CC1O. The topological polar surface area (TPSA) is 49.3 Å². The minimum absolute atomic E-state index is 0.286. The van der Waals surface area contributed by atoms with Gasteiger partial charge in [0.1, 0.15) is 12.0 Å². The molecule has 2 aromatic carbocycles. The number of carbonyl (C=O) groups excluding carboxylic acids is 1. The summed E-state index contributed by atoms with van der Waals surface area (Å²) in [6, 6.07) is 15.5. The van der Waals surface area contributed by atoms with Gasteiger partial charge in [0.15, 0.2) is 0 Å². The highest BCUT2D eigenvalue weighted by atomic mass is 16.3. The summed E-state index contributed by atoms with van der Waals surface area (Å²) in [5, 5.41) is 13.0. The zero-order chi connectivity index (χ0) is 13.9. The molecule has 1 aliphatic carbocycles. The van der Waals surface area contributed by atoms with E-state index >= 15 is 0 Å². The Morgan fingerprint density at radius 2 is 1.85 bits per heavy atom. The maximum atomic E-state index is 10.9. The zero-order valence-corrected chi connectivity index (χ0v) is 10.7. The standard InChI is InChI=1S/C17H13NO2/c19-11-16-15-8-7-14(10-12(15)6-9-17(16)20)18-13-4-2-1-3-5-13/h1-10,17-18,20H. The number of fused-ring (bicyclic) bond motifs is 1. The second-order valence-corrected chi connectivity index (χ2v) is 4.61. The van der Waals surface area contributed by atoms with Crippen LogP contribution in [-0.4, -0.2) is 17.2 Å². The summed E-state index contributed by atoms with van der Waals surface area (Å²) in [6.07, 6.45) is 2.54. The fraction of sp³-hybridized carbons (Fsp3) is 0.0588. The molecule has 1 aliphatic rings. The predicted molar refractivity (Wildman–Crippen MR) is 80.3 cm³/mol. The smallest absolute Gasteiger partial charge is 0.131 e. The Labute approximate surface area is 116 Å². The van der Waals surface area contributed by atoms with Gasteiger partial charge in [-0.1, -0.05) is 36.4 Å². The van der Waals surface area contributed by atoms with Crippen LogP contribution in [0.5, 0.6) is 0 Å². The first-order valence-corrected chi connectivity index (χ1v) is 6.36. The molecule has 3 heteroatoms. The number of aliphatic hydroxyl groups excluding tert-OH is 1. The van der Waals surface area contributed by atoms with Crippen LogP contribution in [-0.2, 0) is 4.79 Å². The van der Waals surface area contributed by atoms with Crippen molar-refractivity contribution in [2.75, 3.05) is 5.32 Å². The summed E-state index contributed by atoms with van der Waals surface area (Å²) < 4.78 is 0. The van der Waals surface area contributed by atoms with Gasteiger partial charge in [-0.25, -0.2) is 4.79 Å². The van der Waals surface area contributed by atoms with Crippen molar-refractivity contribution in [3.8, 4) is 0 Å². The summed E-state index contributed by atoms with van der Waals surface area (Å²) in [5.74, 6) is 1.82. The number of anilines is 2. The normalized spacial score (nSPS) is 16.4. The first kappa shape index (κ1) is 12.4. The fourth-order valence-electron chi connectivity index (χ4n) is 2.28. The molecule has 0 aromatic heterocycles. The number of hydrogen-bond donors (Lipinski definition) is 2. The van der Waals surface area contributed by atoms with Gasteiger partial charge in [0.2, 0.25) is 0 Å². The van der Waals surface area contributed by atoms with Gasteiger partial charge in [-0.05, 0) is 35.4 Å². The lowest BCUT2D eigenvalue weighted by molar-refractivity contribution is 0.281. The summed E-state index contributed by atoms with van der Waals surface area (Å²) >= 11 is 0. The molecule has 2 N–H and O–H groups in total. The Morgan fingerprint density at radius 3 is 2.60 bits per heavy atom.